The molecule has 0 aromatic heterocycles. The summed E-state index contributed by atoms with van der Waals surface area (Å²) >= 11 is 0. The highest BCUT2D eigenvalue weighted by Gasteiger charge is 2.34. The van der Waals surface area contributed by atoms with Gasteiger partial charge in [-0.25, -0.2) is 4.79 Å². The first-order valence-corrected chi connectivity index (χ1v) is 8.11. The molecule has 2 aromatic rings. The van der Waals surface area contributed by atoms with Crippen molar-refractivity contribution in [2.75, 3.05) is 5.73 Å². The number of allylic oxidation sites excluding steroid dienone is 3. The number of halogens is 3. The monoisotopic (exact) mass is 389 g/mol. The zero-order chi connectivity index (χ0) is 21.1. The van der Waals surface area contributed by atoms with Gasteiger partial charge >= 0.3 is 12.1 Å². The van der Waals surface area contributed by atoms with Crippen molar-refractivity contribution in [1.82, 2.24) is 0 Å². The zero-order valence-corrected chi connectivity index (χ0v) is 14.9. The number of nitrogens with two attached hydrogens (primary N) is 1. The number of carbonyl (C=O) groups is 1. The first-order chi connectivity index (χ1) is 13.0. The van der Waals surface area contributed by atoms with Gasteiger partial charge in [0.1, 0.15) is 11.3 Å². The Morgan fingerprint density at radius 3 is 2.36 bits per heavy atom. The highest BCUT2D eigenvalue weighted by atomic mass is 19.4. The van der Waals surface area contributed by atoms with Crippen molar-refractivity contribution in [2.24, 2.45) is 0 Å². The smallest absolute Gasteiger partial charge is 0.417 e. The summed E-state index contributed by atoms with van der Waals surface area (Å²) in [5.41, 5.74) is 4.95. The molecule has 2 aromatic carbocycles. The molecule has 0 amide bonds. The van der Waals surface area contributed by atoms with Crippen LogP contribution in [0.5, 0.6) is 0 Å². The molecule has 146 valence electrons. The first kappa shape index (κ1) is 20.8. The minimum Gasteiger partial charge on any atom is -0.507 e. The molecule has 0 unspecified atom stereocenters. The molecule has 0 aliphatic rings. The maximum atomic E-state index is 13.6. The highest BCUT2D eigenvalue weighted by Crippen LogP contribution is 2.39. The Balaban J connectivity index is 2.59. The lowest BCUT2D eigenvalue weighted by Crippen LogP contribution is -2.08. The van der Waals surface area contributed by atoms with Crippen molar-refractivity contribution >= 4 is 17.2 Å². The summed E-state index contributed by atoms with van der Waals surface area (Å²) < 4.78 is 40.9. The van der Waals surface area contributed by atoms with Crippen LogP contribution in [0.1, 0.15) is 18.1 Å². The molecule has 0 saturated carbocycles. The largest absolute Gasteiger partial charge is 0.507 e. The van der Waals surface area contributed by atoms with Crippen LogP contribution in [-0.4, -0.2) is 16.2 Å². The predicted molar refractivity (Wildman–Crippen MR) is 102 cm³/mol. The Morgan fingerprint density at radius 2 is 1.82 bits per heavy atom. The molecule has 2 rings (SSSR count). The molecule has 0 fully saturated rings. The lowest BCUT2D eigenvalue weighted by molar-refractivity contribution is -0.137. The summed E-state index contributed by atoms with van der Waals surface area (Å²) in [6.07, 6.45) is -2.47. The standard InChI is InChI=1S/C21H18F3NO3/c1-3-19(26)17(20(27)28)9-12(2)13-7-8-16(18(11-13)21(22,23)24)14-5-4-6-15(25)10-14/h3-11,26H,2,25H2,1H3,(H,27,28)/b17-9+,19-3+. The number of hydrogen-bond donors (Lipinski definition) is 3. The Labute approximate surface area is 159 Å². The summed E-state index contributed by atoms with van der Waals surface area (Å²) in [7, 11) is 0. The number of aliphatic hydroxyl groups is 1. The molecular weight excluding hydrogens is 371 g/mol. The average molecular weight is 389 g/mol. The number of carboxylic acids is 1. The van der Waals surface area contributed by atoms with E-state index in [4.69, 9.17) is 5.73 Å². The minimum atomic E-state index is -4.65. The minimum absolute atomic E-state index is 0.00965. The van der Waals surface area contributed by atoms with Crippen LogP contribution < -0.4 is 5.73 Å². The van der Waals surface area contributed by atoms with Crippen LogP contribution in [0.4, 0.5) is 18.9 Å². The fourth-order valence-electron chi connectivity index (χ4n) is 2.59. The Kier molecular flexibility index (Phi) is 5.98. The van der Waals surface area contributed by atoms with Crippen LogP contribution in [0.25, 0.3) is 16.7 Å². The zero-order valence-electron chi connectivity index (χ0n) is 14.9. The van der Waals surface area contributed by atoms with Crippen LogP contribution in [0, 0.1) is 0 Å². The summed E-state index contributed by atoms with van der Waals surface area (Å²) in [4.78, 5) is 11.3. The molecule has 4 nitrogen and oxygen atoms in total. The maximum absolute atomic E-state index is 13.6. The van der Waals surface area contributed by atoms with E-state index in [0.717, 1.165) is 18.2 Å². The van der Waals surface area contributed by atoms with Crippen molar-refractivity contribution < 1.29 is 28.2 Å². The topological polar surface area (TPSA) is 83.5 Å². The van der Waals surface area contributed by atoms with E-state index in [1.165, 1.54) is 31.2 Å². The third-order valence-corrected chi connectivity index (χ3v) is 3.99. The van der Waals surface area contributed by atoms with Gasteiger partial charge in [-0.3, -0.25) is 0 Å². The SMILES string of the molecule is C=C(/C=C(C(=O)O)\C(O)=C/C)c1ccc(-c2cccc(N)c2)c(C(F)(F)F)c1. The van der Waals surface area contributed by atoms with Crippen LogP contribution in [0.2, 0.25) is 0 Å². The van der Waals surface area contributed by atoms with E-state index >= 15 is 0 Å². The van der Waals surface area contributed by atoms with Gasteiger partial charge in [-0.1, -0.05) is 30.8 Å². The van der Waals surface area contributed by atoms with Gasteiger partial charge in [0.05, 0.1) is 5.56 Å². The number of nitrogen functional groups attached to an aromatic ring is 1. The summed E-state index contributed by atoms with van der Waals surface area (Å²) in [5, 5.41) is 18.8. The molecule has 7 heteroatoms. The molecule has 0 saturated heterocycles. The van der Waals surface area contributed by atoms with Gasteiger partial charge in [0.25, 0.3) is 0 Å². The molecule has 0 bridgehead atoms. The van der Waals surface area contributed by atoms with E-state index in [-0.39, 0.29) is 16.7 Å². The molecule has 0 atom stereocenters. The summed E-state index contributed by atoms with van der Waals surface area (Å²) in [6, 6.07) is 9.65. The highest BCUT2D eigenvalue weighted by molar-refractivity contribution is 5.95. The van der Waals surface area contributed by atoms with Crippen molar-refractivity contribution in [3.8, 4) is 11.1 Å². The van der Waals surface area contributed by atoms with Gasteiger partial charge in [0, 0.05) is 5.69 Å². The van der Waals surface area contributed by atoms with E-state index in [1.54, 1.807) is 12.1 Å². The number of carboxylic acid groups (broad SMARTS) is 1. The number of hydrogen-bond acceptors (Lipinski definition) is 3. The molecule has 0 radical (unpaired) electrons. The summed E-state index contributed by atoms with van der Waals surface area (Å²) in [6.45, 7) is 5.07. The third-order valence-electron chi connectivity index (χ3n) is 3.99. The fraction of sp³-hybridized carbons (Fsp3) is 0.0952. The lowest BCUT2D eigenvalue weighted by atomic mass is 9.94. The van der Waals surface area contributed by atoms with Crippen molar-refractivity contribution in [1.29, 1.82) is 0 Å². The van der Waals surface area contributed by atoms with Gasteiger partial charge in [-0.15, -0.1) is 0 Å². The number of aliphatic carboxylic acids is 1. The molecule has 4 N–H and O–H groups in total. The van der Waals surface area contributed by atoms with Crippen LogP contribution >= 0.6 is 0 Å². The van der Waals surface area contributed by atoms with Gasteiger partial charge in [-0.05, 0) is 59.5 Å². The molecule has 0 spiro atoms. The van der Waals surface area contributed by atoms with E-state index < -0.39 is 29.0 Å². The van der Waals surface area contributed by atoms with Gasteiger partial charge in [0.15, 0.2) is 0 Å². The van der Waals surface area contributed by atoms with Crippen molar-refractivity contribution in [3.63, 3.8) is 0 Å². The number of rotatable bonds is 5. The normalized spacial score (nSPS) is 12.7. The molecule has 0 heterocycles. The van der Waals surface area contributed by atoms with E-state index in [9.17, 15) is 28.2 Å². The quantitative estimate of drug-likeness (QED) is 0.275. The van der Waals surface area contributed by atoms with E-state index in [0.29, 0.717) is 11.3 Å². The number of aliphatic hydroxyl groups excluding tert-OH is 1. The van der Waals surface area contributed by atoms with Crippen molar-refractivity contribution in [3.05, 3.63) is 83.7 Å². The Bertz CT molecular complexity index is 989. The van der Waals surface area contributed by atoms with Gasteiger partial charge in [-0.2, -0.15) is 13.2 Å². The Hall–Kier alpha value is -3.48. The van der Waals surface area contributed by atoms with Crippen LogP contribution in [-0.2, 0) is 11.0 Å². The third kappa shape index (κ3) is 4.62. The van der Waals surface area contributed by atoms with Crippen LogP contribution in [0.3, 0.4) is 0 Å². The van der Waals surface area contributed by atoms with Gasteiger partial charge in [0.2, 0.25) is 0 Å². The number of benzene rings is 2. The van der Waals surface area contributed by atoms with E-state index in [2.05, 4.69) is 6.58 Å². The second kappa shape index (κ2) is 8.04. The lowest BCUT2D eigenvalue weighted by Gasteiger charge is -2.15. The first-order valence-electron chi connectivity index (χ1n) is 8.11. The van der Waals surface area contributed by atoms with E-state index in [1.807, 2.05) is 0 Å². The fourth-order valence-corrected chi connectivity index (χ4v) is 2.59. The number of alkyl halides is 3. The maximum Gasteiger partial charge on any atom is 0.417 e. The Morgan fingerprint density at radius 1 is 1.14 bits per heavy atom. The molecule has 0 aliphatic carbocycles. The average Bonchev–Trinajstić information content (AvgIpc) is 2.63. The molecule has 0 aliphatic heterocycles. The van der Waals surface area contributed by atoms with Gasteiger partial charge < -0.3 is 15.9 Å². The van der Waals surface area contributed by atoms with Crippen molar-refractivity contribution in [2.45, 2.75) is 13.1 Å². The summed E-state index contributed by atoms with van der Waals surface area (Å²) in [5.74, 6) is -1.94. The second-order valence-corrected chi connectivity index (χ2v) is 5.95. The molecular formula is C21H18F3NO3. The predicted octanol–water partition coefficient (Wildman–Crippen LogP) is 5.44. The number of anilines is 1. The second-order valence-electron chi connectivity index (χ2n) is 5.95. The van der Waals surface area contributed by atoms with Crippen LogP contribution in [0.15, 0.2) is 72.5 Å². The molecule has 28 heavy (non-hydrogen) atoms.